The van der Waals surface area contributed by atoms with E-state index in [2.05, 4.69) is 4.90 Å². The van der Waals surface area contributed by atoms with Gasteiger partial charge in [-0.25, -0.2) is 4.39 Å². The number of hydrogen-bond acceptors (Lipinski definition) is 2. The maximum atomic E-state index is 13.6. The predicted octanol–water partition coefficient (Wildman–Crippen LogP) is 3.54. The van der Waals surface area contributed by atoms with E-state index < -0.39 is 0 Å². The lowest BCUT2D eigenvalue weighted by molar-refractivity contribution is 0.0918. The third-order valence-electron chi connectivity index (χ3n) is 5.36. The van der Waals surface area contributed by atoms with Crippen molar-refractivity contribution in [2.75, 3.05) is 13.1 Å². The largest absolute Gasteiger partial charge is 0.322 e. The maximum Gasteiger partial charge on any atom is 0.123 e. The molecule has 0 bridgehead atoms. The Morgan fingerprint density at radius 3 is 2.45 bits per heavy atom. The third kappa shape index (κ3) is 2.27. The average molecular weight is 276 g/mol. The Morgan fingerprint density at radius 1 is 1.15 bits per heavy atom. The third-order valence-corrected chi connectivity index (χ3v) is 5.36. The minimum absolute atomic E-state index is 0.0645. The van der Waals surface area contributed by atoms with Gasteiger partial charge >= 0.3 is 0 Å². The monoisotopic (exact) mass is 276 g/mol. The second-order valence-corrected chi connectivity index (χ2v) is 6.48. The summed E-state index contributed by atoms with van der Waals surface area (Å²) in [5, 5.41) is 0. The standard InChI is InChI=1S/C17H25FN2/c1-13-6-7-14(18)12-15(13)16(19)17(8-2-3-9-17)20-10-4-5-11-20/h6-7,12,16H,2-5,8-11,19H2,1H3. The number of nitrogens with two attached hydrogens (primary N) is 1. The number of aryl methyl sites for hydroxylation is 1. The molecule has 20 heavy (non-hydrogen) atoms. The second kappa shape index (κ2) is 5.45. The van der Waals surface area contributed by atoms with Crippen LogP contribution in [0.4, 0.5) is 4.39 Å². The zero-order valence-electron chi connectivity index (χ0n) is 12.4. The maximum absolute atomic E-state index is 13.6. The molecule has 1 aromatic carbocycles. The summed E-state index contributed by atoms with van der Waals surface area (Å²) >= 11 is 0. The molecular weight excluding hydrogens is 251 g/mol. The van der Waals surface area contributed by atoms with Crippen LogP contribution in [0.5, 0.6) is 0 Å². The van der Waals surface area contributed by atoms with E-state index in [4.69, 9.17) is 5.73 Å². The van der Waals surface area contributed by atoms with Gasteiger partial charge in [-0.3, -0.25) is 4.90 Å². The van der Waals surface area contributed by atoms with Crippen LogP contribution in [-0.4, -0.2) is 23.5 Å². The van der Waals surface area contributed by atoms with Crippen LogP contribution in [-0.2, 0) is 0 Å². The average Bonchev–Trinajstić information content (AvgIpc) is 3.11. The van der Waals surface area contributed by atoms with Crippen LogP contribution in [0.3, 0.4) is 0 Å². The molecule has 1 saturated heterocycles. The molecule has 0 amide bonds. The minimum atomic E-state index is -0.171. The van der Waals surface area contributed by atoms with Gasteiger partial charge in [-0.2, -0.15) is 0 Å². The summed E-state index contributed by atoms with van der Waals surface area (Å²) in [6.07, 6.45) is 7.36. The van der Waals surface area contributed by atoms with Crippen molar-refractivity contribution >= 4 is 0 Å². The van der Waals surface area contributed by atoms with Crippen molar-refractivity contribution in [1.29, 1.82) is 0 Å². The van der Waals surface area contributed by atoms with Gasteiger partial charge in [0.05, 0.1) is 0 Å². The number of benzene rings is 1. The van der Waals surface area contributed by atoms with Crippen molar-refractivity contribution in [3.8, 4) is 0 Å². The highest BCUT2D eigenvalue weighted by molar-refractivity contribution is 5.32. The Balaban J connectivity index is 1.96. The lowest BCUT2D eigenvalue weighted by atomic mass is 9.81. The SMILES string of the molecule is Cc1ccc(F)cc1C(N)C1(N2CCCC2)CCCC1. The summed E-state index contributed by atoms with van der Waals surface area (Å²) in [4.78, 5) is 2.59. The fraction of sp³-hybridized carbons (Fsp3) is 0.647. The second-order valence-electron chi connectivity index (χ2n) is 6.48. The molecule has 1 aliphatic heterocycles. The number of halogens is 1. The number of rotatable bonds is 3. The molecule has 1 heterocycles. The molecule has 0 aromatic heterocycles. The first kappa shape index (κ1) is 14.0. The Bertz CT molecular complexity index is 474. The molecule has 110 valence electrons. The Morgan fingerprint density at radius 2 is 1.80 bits per heavy atom. The Kier molecular flexibility index (Phi) is 3.83. The van der Waals surface area contributed by atoms with E-state index in [0.29, 0.717) is 0 Å². The van der Waals surface area contributed by atoms with Gasteiger partial charge in [0.2, 0.25) is 0 Å². The van der Waals surface area contributed by atoms with Crippen LogP contribution in [0.25, 0.3) is 0 Å². The van der Waals surface area contributed by atoms with Crippen LogP contribution in [0.1, 0.15) is 55.7 Å². The quantitative estimate of drug-likeness (QED) is 0.915. The zero-order valence-corrected chi connectivity index (χ0v) is 12.4. The van der Waals surface area contributed by atoms with Crippen LogP contribution in [0.15, 0.2) is 18.2 Å². The highest BCUT2D eigenvalue weighted by Crippen LogP contribution is 2.45. The fourth-order valence-electron chi connectivity index (χ4n) is 4.21. The molecule has 3 heteroatoms. The lowest BCUT2D eigenvalue weighted by Crippen LogP contribution is -2.52. The van der Waals surface area contributed by atoms with Gasteiger partial charge in [0.15, 0.2) is 0 Å². The van der Waals surface area contributed by atoms with Gasteiger partial charge in [0.25, 0.3) is 0 Å². The number of likely N-dealkylation sites (tertiary alicyclic amines) is 1. The zero-order chi connectivity index (χ0) is 14.2. The summed E-state index contributed by atoms with van der Waals surface area (Å²) in [6, 6.07) is 4.97. The van der Waals surface area contributed by atoms with E-state index in [1.54, 1.807) is 6.07 Å². The highest BCUT2D eigenvalue weighted by atomic mass is 19.1. The van der Waals surface area contributed by atoms with Gasteiger partial charge in [-0.15, -0.1) is 0 Å². The van der Waals surface area contributed by atoms with Crippen LogP contribution >= 0.6 is 0 Å². The Hall–Kier alpha value is -0.930. The van der Waals surface area contributed by atoms with Crippen LogP contribution < -0.4 is 5.73 Å². The van der Waals surface area contributed by atoms with Crippen LogP contribution in [0, 0.1) is 12.7 Å². The van der Waals surface area contributed by atoms with Crippen LogP contribution in [0.2, 0.25) is 0 Å². The minimum Gasteiger partial charge on any atom is -0.322 e. The molecule has 3 rings (SSSR count). The topological polar surface area (TPSA) is 29.3 Å². The van der Waals surface area contributed by atoms with E-state index >= 15 is 0 Å². The smallest absolute Gasteiger partial charge is 0.123 e. The number of nitrogens with zero attached hydrogens (tertiary/aromatic N) is 1. The van der Waals surface area contributed by atoms with E-state index in [1.807, 2.05) is 13.0 Å². The van der Waals surface area contributed by atoms with Crippen molar-refractivity contribution in [2.45, 2.75) is 57.0 Å². The highest BCUT2D eigenvalue weighted by Gasteiger charge is 2.46. The fourth-order valence-corrected chi connectivity index (χ4v) is 4.21. The summed E-state index contributed by atoms with van der Waals surface area (Å²) in [7, 11) is 0. The molecule has 2 fully saturated rings. The predicted molar refractivity (Wildman–Crippen MR) is 80.1 cm³/mol. The van der Waals surface area contributed by atoms with E-state index in [9.17, 15) is 4.39 Å². The molecule has 2 aliphatic rings. The molecule has 1 saturated carbocycles. The van der Waals surface area contributed by atoms with Gasteiger partial charge in [0, 0.05) is 11.6 Å². The van der Waals surface area contributed by atoms with Crippen molar-refractivity contribution in [3.05, 3.63) is 35.1 Å². The van der Waals surface area contributed by atoms with Crippen molar-refractivity contribution in [3.63, 3.8) is 0 Å². The lowest BCUT2D eigenvalue weighted by Gasteiger charge is -2.44. The van der Waals surface area contributed by atoms with Gasteiger partial charge in [0.1, 0.15) is 5.82 Å². The molecule has 2 N–H and O–H groups in total. The molecule has 1 unspecified atom stereocenters. The van der Waals surface area contributed by atoms with Gasteiger partial charge < -0.3 is 5.73 Å². The van der Waals surface area contributed by atoms with Crippen molar-refractivity contribution in [1.82, 2.24) is 4.90 Å². The first-order valence-corrected chi connectivity index (χ1v) is 7.90. The molecule has 2 nitrogen and oxygen atoms in total. The molecule has 1 aliphatic carbocycles. The van der Waals surface area contributed by atoms with Crippen molar-refractivity contribution in [2.24, 2.45) is 5.73 Å². The normalized spacial score (nSPS) is 24.1. The van der Waals surface area contributed by atoms with Gasteiger partial charge in [-0.1, -0.05) is 18.9 Å². The first-order chi connectivity index (χ1) is 9.63. The summed E-state index contributed by atoms with van der Waals surface area (Å²) < 4.78 is 13.6. The van der Waals surface area contributed by atoms with E-state index in [0.717, 1.165) is 37.1 Å². The first-order valence-electron chi connectivity index (χ1n) is 7.90. The summed E-state index contributed by atoms with van der Waals surface area (Å²) in [5.41, 5.74) is 8.86. The Labute approximate surface area is 121 Å². The molecule has 0 spiro atoms. The summed E-state index contributed by atoms with van der Waals surface area (Å²) in [6.45, 7) is 4.35. The molecule has 1 aromatic rings. The molecule has 1 atom stereocenters. The van der Waals surface area contributed by atoms with Gasteiger partial charge in [-0.05, 0) is 69.0 Å². The summed E-state index contributed by atoms with van der Waals surface area (Å²) in [5.74, 6) is -0.171. The number of hydrogen-bond donors (Lipinski definition) is 1. The van der Waals surface area contributed by atoms with Crippen molar-refractivity contribution < 1.29 is 4.39 Å². The van der Waals surface area contributed by atoms with E-state index in [1.165, 1.54) is 31.7 Å². The van der Waals surface area contributed by atoms with E-state index in [-0.39, 0.29) is 17.4 Å². The molecule has 0 radical (unpaired) electrons. The molecular formula is C17H25FN2.